The average molecular weight is 338 g/mol. The molecule has 1 amide bonds. The molecular formula is C17H17F3N2O2. The molecule has 1 aliphatic heterocycles. The lowest BCUT2D eigenvalue weighted by atomic mass is 9.88. The molecule has 0 N–H and O–H groups in total. The minimum atomic E-state index is -4.63. The number of amides is 1. The van der Waals surface area contributed by atoms with Crippen molar-refractivity contribution in [3.8, 4) is 6.07 Å². The van der Waals surface area contributed by atoms with Gasteiger partial charge in [-0.3, -0.25) is 9.59 Å². The van der Waals surface area contributed by atoms with Gasteiger partial charge in [-0.2, -0.15) is 18.4 Å². The number of hydrogen-bond acceptors (Lipinski definition) is 3. The van der Waals surface area contributed by atoms with Gasteiger partial charge >= 0.3 is 6.18 Å². The van der Waals surface area contributed by atoms with Gasteiger partial charge in [-0.05, 0) is 18.4 Å². The van der Waals surface area contributed by atoms with E-state index in [2.05, 4.69) is 0 Å². The van der Waals surface area contributed by atoms with E-state index in [1.807, 2.05) is 0 Å². The third-order valence-electron chi connectivity index (χ3n) is 4.12. The largest absolute Gasteiger partial charge is 0.396 e. The van der Waals surface area contributed by atoms with E-state index in [9.17, 15) is 22.8 Å². The van der Waals surface area contributed by atoms with Crippen molar-refractivity contribution in [2.24, 2.45) is 5.92 Å². The maximum absolute atomic E-state index is 13.3. The number of nitriles is 1. The number of alkyl halides is 3. The SMILES string of the molecule is N#C[C@@H](C(=O)C[C@H](c1ccccc1)C(F)(F)F)C(=O)N1CCCC1. The van der Waals surface area contributed by atoms with Crippen LogP contribution in [0.3, 0.4) is 0 Å². The molecule has 4 nitrogen and oxygen atoms in total. The zero-order valence-electron chi connectivity index (χ0n) is 12.9. The van der Waals surface area contributed by atoms with Gasteiger partial charge in [-0.1, -0.05) is 30.3 Å². The third kappa shape index (κ3) is 4.13. The average Bonchev–Trinajstić information content (AvgIpc) is 3.07. The van der Waals surface area contributed by atoms with Crippen LogP contribution < -0.4 is 0 Å². The van der Waals surface area contributed by atoms with Crippen LogP contribution in [0.5, 0.6) is 0 Å². The smallest absolute Gasteiger partial charge is 0.341 e. The first-order chi connectivity index (χ1) is 11.3. The molecule has 7 heteroatoms. The highest BCUT2D eigenvalue weighted by molar-refractivity contribution is 6.04. The van der Waals surface area contributed by atoms with Crippen LogP contribution in [0.2, 0.25) is 0 Å². The number of benzene rings is 1. The van der Waals surface area contributed by atoms with Crippen molar-refractivity contribution in [3.63, 3.8) is 0 Å². The van der Waals surface area contributed by atoms with Gasteiger partial charge in [0.2, 0.25) is 5.91 Å². The number of rotatable bonds is 5. The molecule has 0 bridgehead atoms. The number of carbonyl (C=O) groups is 2. The number of nitrogens with zero attached hydrogens (tertiary/aromatic N) is 2. The second-order valence-electron chi connectivity index (χ2n) is 5.77. The third-order valence-corrected chi connectivity index (χ3v) is 4.12. The fourth-order valence-electron chi connectivity index (χ4n) is 2.81. The van der Waals surface area contributed by atoms with E-state index in [0.29, 0.717) is 13.1 Å². The Hall–Kier alpha value is -2.36. The van der Waals surface area contributed by atoms with Gasteiger partial charge in [-0.15, -0.1) is 0 Å². The first-order valence-electron chi connectivity index (χ1n) is 7.67. The van der Waals surface area contributed by atoms with Crippen molar-refractivity contribution in [1.29, 1.82) is 5.26 Å². The standard InChI is InChI=1S/C17H17F3N2O2/c18-17(19,20)14(12-6-2-1-3-7-12)10-15(23)13(11-21)16(24)22-8-4-5-9-22/h1-3,6-7,13-14H,4-5,8-10H2/t13-,14+/m0/s1. The first-order valence-corrected chi connectivity index (χ1v) is 7.67. The number of Topliss-reactive ketones (excluding diaryl/α,β-unsaturated/α-hetero) is 1. The topological polar surface area (TPSA) is 61.2 Å². The van der Waals surface area contributed by atoms with Crippen LogP contribution in [0.25, 0.3) is 0 Å². The molecule has 0 radical (unpaired) electrons. The predicted octanol–water partition coefficient (Wildman–Crippen LogP) is 3.05. The van der Waals surface area contributed by atoms with E-state index in [1.165, 1.54) is 29.2 Å². The quantitative estimate of drug-likeness (QED) is 0.775. The van der Waals surface area contributed by atoms with Crippen LogP contribution in [0.1, 0.15) is 30.7 Å². The molecule has 0 aromatic heterocycles. The summed E-state index contributed by atoms with van der Waals surface area (Å²) < 4.78 is 39.9. The normalized spacial score (nSPS) is 17.2. The molecule has 2 atom stereocenters. The molecule has 0 spiro atoms. The minimum Gasteiger partial charge on any atom is -0.341 e. The van der Waals surface area contributed by atoms with E-state index in [4.69, 9.17) is 5.26 Å². The molecule has 0 saturated carbocycles. The van der Waals surface area contributed by atoms with Gasteiger partial charge in [-0.25, -0.2) is 0 Å². The summed E-state index contributed by atoms with van der Waals surface area (Å²) >= 11 is 0. The lowest BCUT2D eigenvalue weighted by Gasteiger charge is -2.22. The van der Waals surface area contributed by atoms with Crippen molar-refractivity contribution in [1.82, 2.24) is 4.90 Å². The Morgan fingerprint density at radius 2 is 1.75 bits per heavy atom. The van der Waals surface area contributed by atoms with Crippen LogP contribution in [0, 0.1) is 17.2 Å². The lowest BCUT2D eigenvalue weighted by molar-refractivity contribution is -0.158. The van der Waals surface area contributed by atoms with Crippen LogP contribution in [-0.4, -0.2) is 35.9 Å². The summed E-state index contributed by atoms with van der Waals surface area (Å²) in [6.07, 6.45) is -4.00. The number of halogens is 3. The highest BCUT2D eigenvalue weighted by Crippen LogP contribution is 2.38. The fourth-order valence-corrected chi connectivity index (χ4v) is 2.81. The lowest BCUT2D eigenvalue weighted by Crippen LogP contribution is -2.38. The van der Waals surface area contributed by atoms with Gasteiger partial charge in [0.25, 0.3) is 0 Å². The molecule has 128 valence electrons. The summed E-state index contributed by atoms with van der Waals surface area (Å²) in [5.41, 5.74) is -0.0522. The highest BCUT2D eigenvalue weighted by Gasteiger charge is 2.44. The molecule has 1 saturated heterocycles. The molecule has 24 heavy (non-hydrogen) atoms. The molecule has 1 fully saturated rings. The van der Waals surface area contributed by atoms with E-state index in [0.717, 1.165) is 12.8 Å². The van der Waals surface area contributed by atoms with Crippen molar-refractivity contribution in [3.05, 3.63) is 35.9 Å². The Labute approximate surface area is 137 Å². The number of carbonyl (C=O) groups excluding carboxylic acids is 2. The fraction of sp³-hybridized carbons (Fsp3) is 0.471. The number of ketones is 1. The van der Waals surface area contributed by atoms with Crippen molar-refractivity contribution in [2.45, 2.75) is 31.4 Å². The van der Waals surface area contributed by atoms with Gasteiger partial charge in [0.15, 0.2) is 11.7 Å². The van der Waals surface area contributed by atoms with Gasteiger partial charge in [0.1, 0.15) is 0 Å². The maximum atomic E-state index is 13.3. The van der Waals surface area contributed by atoms with E-state index in [1.54, 1.807) is 12.1 Å². The van der Waals surface area contributed by atoms with Crippen molar-refractivity contribution in [2.75, 3.05) is 13.1 Å². The highest BCUT2D eigenvalue weighted by atomic mass is 19.4. The van der Waals surface area contributed by atoms with Gasteiger partial charge < -0.3 is 4.90 Å². The second kappa shape index (κ2) is 7.47. The zero-order valence-corrected chi connectivity index (χ0v) is 12.9. The maximum Gasteiger partial charge on any atom is 0.396 e. The molecule has 2 rings (SSSR count). The minimum absolute atomic E-state index is 0.0522. The molecule has 1 aliphatic rings. The van der Waals surface area contributed by atoms with Crippen molar-refractivity contribution >= 4 is 11.7 Å². The molecule has 0 unspecified atom stereocenters. The Kier molecular flexibility index (Phi) is 5.60. The molecule has 1 aromatic rings. The molecule has 1 heterocycles. The Morgan fingerprint density at radius 1 is 1.17 bits per heavy atom. The molecule has 0 aliphatic carbocycles. The van der Waals surface area contributed by atoms with Crippen LogP contribution >= 0.6 is 0 Å². The Morgan fingerprint density at radius 3 is 2.25 bits per heavy atom. The predicted molar refractivity (Wildman–Crippen MR) is 79.8 cm³/mol. The zero-order chi connectivity index (χ0) is 17.7. The van der Waals surface area contributed by atoms with Crippen LogP contribution in [0.4, 0.5) is 13.2 Å². The second-order valence-corrected chi connectivity index (χ2v) is 5.77. The van der Waals surface area contributed by atoms with Crippen molar-refractivity contribution < 1.29 is 22.8 Å². The Balaban J connectivity index is 2.17. The molecule has 1 aromatic carbocycles. The monoisotopic (exact) mass is 338 g/mol. The molecular weight excluding hydrogens is 321 g/mol. The number of likely N-dealkylation sites (tertiary alicyclic amines) is 1. The summed E-state index contributed by atoms with van der Waals surface area (Å²) in [6, 6.07) is 8.64. The summed E-state index contributed by atoms with van der Waals surface area (Å²) in [4.78, 5) is 25.8. The Bertz CT molecular complexity index is 631. The summed E-state index contributed by atoms with van der Waals surface area (Å²) in [6.45, 7) is 0.872. The summed E-state index contributed by atoms with van der Waals surface area (Å²) in [7, 11) is 0. The van der Waals surface area contributed by atoms with Gasteiger partial charge in [0.05, 0.1) is 12.0 Å². The van der Waals surface area contributed by atoms with E-state index >= 15 is 0 Å². The van der Waals surface area contributed by atoms with Crippen LogP contribution in [-0.2, 0) is 9.59 Å². The summed E-state index contributed by atoms with van der Waals surface area (Å²) in [5.74, 6) is -5.36. The van der Waals surface area contributed by atoms with E-state index < -0.39 is 36.1 Å². The number of hydrogen-bond donors (Lipinski definition) is 0. The first kappa shape index (κ1) is 18.0. The van der Waals surface area contributed by atoms with Crippen LogP contribution in [0.15, 0.2) is 30.3 Å². The summed E-state index contributed by atoms with van der Waals surface area (Å²) in [5, 5.41) is 9.11. The van der Waals surface area contributed by atoms with Gasteiger partial charge in [0, 0.05) is 19.5 Å². The van der Waals surface area contributed by atoms with E-state index in [-0.39, 0.29) is 5.56 Å².